The van der Waals surface area contributed by atoms with Crippen LogP contribution in [0.3, 0.4) is 0 Å². The number of benzene rings is 2. The highest BCUT2D eigenvalue weighted by atomic mass is 35.5. The topological polar surface area (TPSA) is 249 Å². The molecule has 0 aromatic heterocycles. The van der Waals surface area contributed by atoms with Crippen molar-refractivity contribution in [2.75, 3.05) is 57.4 Å². The van der Waals surface area contributed by atoms with E-state index < -0.39 is 78.5 Å². The van der Waals surface area contributed by atoms with Crippen LogP contribution >= 0.6 is 46.4 Å². The van der Waals surface area contributed by atoms with Gasteiger partial charge >= 0.3 is 29.8 Å². The molecule has 294 valence electrons. The minimum atomic E-state index is -1.56. The van der Waals surface area contributed by atoms with Crippen LogP contribution in [0.1, 0.15) is 40.9 Å². The quantitative estimate of drug-likeness (QED) is 0.113. The predicted molar refractivity (Wildman–Crippen MR) is 198 cm³/mol. The van der Waals surface area contributed by atoms with Crippen LogP contribution in [0.4, 0.5) is 5.69 Å². The summed E-state index contributed by atoms with van der Waals surface area (Å²) >= 11 is 26.1. The molecule has 0 amide bonds. The molecule has 0 radical (unpaired) electrons. The molecule has 2 aromatic carbocycles. The van der Waals surface area contributed by atoms with E-state index in [1.54, 1.807) is 13.8 Å². The summed E-state index contributed by atoms with van der Waals surface area (Å²) < 4.78 is 11.5. The number of allylic oxidation sites excluding steroid dienone is 5. The molecule has 0 bridgehead atoms. The van der Waals surface area contributed by atoms with Gasteiger partial charge in [-0.2, -0.15) is 0 Å². The number of carboxylic acids is 5. The maximum Gasteiger partial charge on any atom is 0.336 e. The Labute approximate surface area is 331 Å². The Kier molecular flexibility index (Phi) is 13.5. The third kappa shape index (κ3) is 9.35. The summed E-state index contributed by atoms with van der Waals surface area (Å²) in [6, 6.07) is 3.55. The zero-order chi connectivity index (χ0) is 41.1. The molecule has 2 aromatic rings. The smallest absolute Gasteiger partial charge is 0.336 e. The molecule has 0 spiro atoms. The maximum absolute atomic E-state index is 13.1. The summed E-state index contributed by atoms with van der Waals surface area (Å²) in [6.07, 6.45) is 1.28. The molecule has 6 N–H and O–H groups in total. The fourth-order valence-corrected chi connectivity index (χ4v) is 7.74. The van der Waals surface area contributed by atoms with E-state index in [4.69, 9.17) is 66.1 Å². The number of nitrogens with zero attached hydrogens (tertiary/aromatic N) is 2. The Balaban J connectivity index is 1.94. The van der Waals surface area contributed by atoms with Gasteiger partial charge in [0.1, 0.15) is 25.4 Å². The molecule has 0 heterocycles. The second-order valence-corrected chi connectivity index (χ2v) is 14.2. The fourth-order valence-electron chi connectivity index (χ4n) is 6.36. The van der Waals surface area contributed by atoms with Gasteiger partial charge in [-0.25, -0.2) is 4.79 Å². The highest BCUT2D eigenvalue weighted by molar-refractivity contribution is 6.56. The molecule has 0 fully saturated rings. The molecular formula is C35H32Cl4N2O14. The van der Waals surface area contributed by atoms with Gasteiger partial charge in [-0.15, -0.1) is 0 Å². The number of aromatic carboxylic acids is 1. The molecule has 2 aliphatic carbocycles. The van der Waals surface area contributed by atoms with E-state index in [0.717, 1.165) is 15.9 Å². The van der Waals surface area contributed by atoms with E-state index in [2.05, 4.69) is 0 Å². The maximum atomic E-state index is 13.1. The normalized spacial score (nSPS) is 14.7. The van der Waals surface area contributed by atoms with E-state index in [0.29, 0.717) is 0 Å². The summed E-state index contributed by atoms with van der Waals surface area (Å²) in [7, 11) is 0. The van der Waals surface area contributed by atoms with Crippen molar-refractivity contribution in [1.82, 2.24) is 4.90 Å². The highest BCUT2D eigenvalue weighted by Crippen LogP contribution is 2.57. The summed E-state index contributed by atoms with van der Waals surface area (Å²) in [6.45, 7) is -0.369. The van der Waals surface area contributed by atoms with Gasteiger partial charge in [0.05, 0.1) is 57.7 Å². The number of carboxylic acid groups (broad SMARTS) is 5. The first-order valence-corrected chi connectivity index (χ1v) is 17.4. The average molecular weight is 846 g/mol. The van der Waals surface area contributed by atoms with Crippen molar-refractivity contribution in [1.29, 1.82) is 0 Å². The number of rotatable bonds is 18. The molecule has 4 rings (SSSR count). The van der Waals surface area contributed by atoms with Crippen LogP contribution in [0.2, 0.25) is 10.0 Å². The van der Waals surface area contributed by atoms with Crippen LogP contribution < -0.4 is 9.64 Å². The second-order valence-electron chi connectivity index (χ2n) is 12.6. The number of fused-ring (bicyclic) bond motifs is 2. The first-order chi connectivity index (χ1) is 25.7. The first kappa shape index (κ1) is 42.9. The van der Waals surface area contributed by atoms with Crippen molar-refractivity contribution in [3.63, 3.8) is 0 Å². The largest absolute Gasteiger partial charge is 0.505 e. The number of carbonyl (C=O) groups excluding carboxylic acids is 1. The number of anilines is 1. The standard InChI is InChI=1S/C35H32Cl4N2O14/c1-35(2)28-17(7-19(36)32(50)30(28)38)27(18-8-20(37)33(51)31(39)29(18)35)15-10-22(55-6-5-54-4-3-40(11-23(42)43)12-24(44)45)21(9-16(15)34(52)53)41(13-25(46)47)14-26(48)49/h7-10,50H,3-6,11-14H2,1-2H3,(H,42,43)(H,44,45)(H,46,47)(H,48,49)(H,52,53). The van der Waals surface area contributed by atoms with Crippen molar-refractivity contribution < 1.29 is 68.9 Å². The lowest BCUT2D eigenvalue weighted by molar-refractivity contribution is -0.142. The van der Waals surface area contributed by atoms with Crippen molar-refractivity contribution in [2.24, 2.45) is 0 Å². The number of hydrogen-bond acceptors (Lipinski definition) is 11. The number of halogens is 4. The summed E-state index contributed by atoms with van der Waals surface area (Å²) in [5.41, 5.74) is -1.30. The van der Waals surface area contributed by atoms with Gasteiger partial charge in [0.15, 0.2) is 5.75 Å². The number of aliphatic carboxylic acids is 4. The molecule has 0 aliphatic heterocycles. The molecule has 2 aliphatic rings. The van der Waals surface area contributed by atoms with Crippen molar-refractivity contribution in [3.8, 4) is 11.5 Å². The van der Waals surface area contributed by atoms with Crippen LogP contribution in [0.5, 0.6) is 11.5 Å². The first-order valence-electron chi connectivity index (χ1n) is 15.9. The minimum absolute atomic E-state index is 0.0574. The van der Waals surface area contributed by atoms with Gasteiger partial charge in [-0.3, -0.25) is 28.9 Å². The van der Waals surface area contributed by atoms with Crippen LogP contribution in [0.25, 0.3) is 5.57 Å². The summed E-state index contributed by atoms with van der Waals surface area (Å²) in [5, 5.41) is 57.7. The highest BCUT2D eigenvalue weighted by Gasteiger charge is 2.45. The number of carbonyl (C=O) groups is 6. The van der Waals surface area contributed by atoms with Gasteiger partial charge < -0.3 is 45.0 Å². The van der Waals surface area contributed by atoms with Gasteiger partial charge in [0.2, 0.25) is 5.78 Å². The predicted octanol–water partition coefficient (Wildman–Crippen LogP) is 4.53. The molecular weight excluding hydrogens is 814 g/mol. The Bertz CT molecular complexity index is 2060. The molecule has 0 saturated heterocycles. The average Bonchev–Trinajstić information content (AvgIpc) is 3.05. The van der Waals surface area contributed by atoms with E-state index in [-0.39, 0.29) is 91.3 Å². The van der Waals surface area contributed by atoms with Crippen LogP contribution in [0.15, 0.2) is 45.5 Å². The molecule has 0 atom stereocenters. The second kappa shape index (κ2) is 17.3. The number of phenolic OH excluding ortho intramolecular Hbond substituents is 1. The Hall–Kier alpha value is -4.84. The number of Topliss-reactive ketones (excluding diaryl/α,β-unsaturated/α-hetero) is 1. The Morgan fingerprint density at radius 3 is 1.91 bits per heavy atom. The fraction of sp³-hybridized carbons (Fsp3) is 0.314. The Morgan fingerprint density at radius 1 is 0.782 bits per heavy atom. The lowest BCUT2D eigenvalue weighted by atomic mass is 9.64. The SMILES string of the molecule is CC1(C)C2=C(Cl)C(=O)C(Cl)=CC2=C(c2cc(OCCOCCN(CC(=O)O)CC(=O)O)c(N(CC(=O)O)CC(=O)O)cc2C(=O)O)c2cc(Cl)c(O)c(Cl)c21. The molecule has 55 heavy (non-hydrogen) atoms. The molecule has 0 saturated carbocycles. The third-order valence-corrected chi connectivity index (χ3v) is 9.80. The van der Waals surface area contributed by atoms with Crippen molar-refractivity contribution in [2.45, 2.75) is 19.3 Å². The van der Waals surface area contributed by atoms with Crippen LogP contribution in [0, 0.1) is 0 Å². The summed E-state index contributed by atoms with van der Waals surface area (Å²) in [5.74, 6) is -8.46. The number of phenols is 1. The minimum Gasteiger partial charge on any atom is -0.505 e. The van der Waals surface area contributed by atoms with Gasteiger partial charge in [0.25, 0.3) is 0 Å². The number of aromatic hydroxyl groups is 1. The third-order valence-electron chi connectivity index (χ3n) is 8.51. The number of hydrogen-bond donors (Lipinski definition) is 6. The molecule has 16 nitrogen and oxygen atoms in total. The molecule has 20 heteroatoms. The lowest BCUT2D eigenvalue weighted by Crippen LogP contribution is -2.37. The van der Waals surface area contributed by atoms with Gasteiger partial charge in [0, 0.05) is 17.5 Å². The zero-order valence-corrected chi connectivity index (χ0v) is 31.8. The van der Waals surface area contributed by atoms with E-state index in [9.17, 15) is 49.2 Å². The zero-order valence-electron chi connectivity index (χ0n) is 28.8. The van der Waals surface area contributed by atoms with Gasteiger partial charge in [-0.05, 0) is 52.1 Å². The number of ketones is 1. The van der Waals surface area contributed by atoms with E-state index >= 15 is 0 Å². The van der Waals surface area contributed by atoms with Crippen molar-refractivity contribution in [3.05, 3.63) is 77.8 Å². The van der Waals surface area contributed by atoms with Crippen molar-refractivity contribution >= 4 is 93.3 Å². The lowest BCUT2D eigenvalue weighted by Gasteiger charge is -2.41. The van der Waals surface area contributed by atoms with Crippen LogP contribution in [-0.2, 0) is 34.1 Å². The summed E-state index contributed by atoms with van der Waals surface area (Å²) in [4.78, 5) is 74.0. The van der Waals surface area contributed by atoms with Crippen LogP contribution in [-0.4, -0.2) is 124 Å². The van der Waals surface area contributed by atoms with E-state index in [1.165, 1.54) is 18.2 Å². The van der Waals surface area contributed by atoms with Gasteiger partial charge in [-0.1, -0.05) is 60.3 Å². The molecule has 0 unspecified atom stereocenters. The van der Waals surface area contributed by atoms with E-state index in [1.807, 2.05) is 0 Å². The number of ether oxygens (including phenoxy) is 2. The Morgan fingerprint density at radius 2 is 1.36 bits per heavy atom. The monoisotopic (exact) mass is 844 g/mol.